The number of hydrogen-bond acceptors (Lipinski definition) is 2. The van der Waals surface area contributed by atoms with Gasteiger partial charge in [-0.2, -0.15) is 5.10 Å². The fourth-order valence-electron chi connectivity index (χ4n) is 1.77. The zero-order valence-corrected chi connectivity index (χ0v) is 10.9. The summed E-state index contributed by atoms with van der Waals surface area (Å²) >= 11 is 3.44. The van der Waals surface area contributed by atoms with Gasteiger partial charge in [-0.25, -0.2) is 4.98 Å². The maximum atomic E-state index is 4.53. The molecular formula is C12H11BrN4. The highest BCUT2D eigenvalue weighted by atomic mass is 79.9. The van der Waals surface area contributed by atoms with Gasteiger partial charge in [0.15, 0.2) is 5.82 Å². The van der Waals surface area contributed by atoms with Crippen LogP contribution >= 0.6 is 15.9 Å². The molecule has 0 atom stereocenters. The van der Waals surface area contributed by atoms with E-state index in [9.17, 15) is 0 Å². The van der Waals surface area contributed by atoms with Crippen LogP contribution in [-0.4, -0.2) is 20.2 Å². The van der Waals surface area contributed by atoms with E-state index in [4.69, 9.17) is 0 Å². The smallest absolute Gasteiger partial charge is 0.156 e. The molecule has 0 aliphatic heterocycles. The highest BCUT2D eigenvalue weighted by Gasteiger charge is 2.08. The van der Waals surface area contributed by atoms with Crippen molar-refractivity contribution in [1.82, 2.24) is 20.2 Å². The van der Waals surface area contributed by atoms with E-state index in [0.717, 1.165) is 39.1 Å². The molecule has 0 radical (unpaired) electrons. The second-order valence-electron chi connectivity index (χ2n) is 3.87. The van der Waals surface area contributed by atoms with Gasteiger partial charge in [0.1, 0.15) is 5.69 Å². The summed E-state index contributed by atoms with van der Waals surface area (Å²) in [7, 11) is 0. The molecule has 2 N–H and O–H groups in total. The summed E-state index contributed by atoms with van der Waals surface area (Å²) in [6.45, 7) is 2.08. The summed E-state index contributed by atoms with van der Waals surface area (Å²) in [5, 5.41) is 7.20. The van der Waals surface area contributed by atoms with E-state index in [0.29, 0.717) is 0 Å². The van der Waals surface area contributed by atoms with Crippen molar-refractivity contribution in [1.29, 1.82) is 0 Å². The number of benzene rings is 1. The third-order valence-electron chi connectivity index (χ3n) is 2.69. The predicted octanol–water partition coefficient (Wildman–Crippen LogP) is 3.28. The van der Waals surface area contributed by atoms with E-state index in [-0.39, 0.29) is 0 Å². The van der Waals surface area contributed by atoms with Crippen molar-refractivity contribution in [3.8, 4) is 11.5 Å². The summed E-state index contributed by atoms with van der Waals surface area (Å²) < 4.78 is 1.03. The summed E-state index contributed by atoms with van der Waals surface area (Å²) in [5.74, 6) is 0.824. The fraction of sp³-hybridized carbons (Fsp3) is 0.167. The maximum absolute atomic E-state index is 4.53. The molecule has 0 spiro atoms. The third-order valence-corrected chi connectivity index (χ3v) is 3.19. The maximum Gasteiger partial charge on any atom is 0.156 e. The Bertz CT molecular complexity index is 668. The van der Waals surface area contributed by atoms with Crippen molar-refractivity contribution in [2.24, 2.45) is 0 Å². The standard InChI is InChI=1S/C12H11BrN4/c1-2-8-6-11(17-16-8)12-14-9-4-3-7(13)5-10(9)15-12/h3-6H,2H2,1H3,(H,14,15)(H,16,17). The number of nitrogens with zero attached hydrogens (tertiary/aromatic N) is 2. The van der Waals surface area contributed by atoms with Crippen LogP contribution < -0.4 is 0 Å². The van der Waals surface area contributed by atoms with Crippen LogP contribution in [0.5, 0.6) is 0 Å². The molecule has 2 heterocycles. The van der Waals surface area contributed by atoms with Crippen molar-refractivity contribution < 1.29 is 0 Å². The number of nitrogens with one attached hydrogen (secondary N) is 2. The number of aryl methyl sites for hydroxylation is 1. The molecule has 2 aromatic heterocycles. The van der Waals surface area contributed by atoms with E-state index in [2.05, 4.69) is 43.0 Å². The topological polar surface area (TPSA) is 57.4 Å². The first-order chi connectivity index (χ1) is 8.26. The Labute approximate surface area is 107 Å². The average molecular weight is 291 g/mol. The highest BCUT2D eigenvalue weighted by Crippen LogP contribution is 2.22. The first kappa shape index (κ1) is 10.5. The zero-order chi connectivity index (χ0) is 11.8. The summed E-state index contributed by atoms with van der Waals surface area (Å²) in [4.78, 5) is 7.81. The Hall–Kier alpha value is -1.62. The second-order valence-corrected chi connectivity index (χ2v) is 4.79. The number of fused-ring (bicyclic) bond motifs is 1. The Morgan fingerprint density at radius 1 is 1.29 bits per heavy atom. The molecule has 3 aromatic rings. The van der Waals surface area contributed by atoms with Gasteiger partial charge in [0.2, 0.25) is 0 Å². The molecule has 1 aromatic carbocycles. The van der Waals surface area contributed by atoms with Gasteiger partial charge in [0.25, 0.3) is 0 Å². The largest absolute Gasteiger partial charge is 0.337 e. The van der Waals surface area contributed by atoms with Gasteiger partial charge in [-0.1, -0.05) is 22.9 Å². The Morgan fingerprint density at radius 2 is 2.18 bits per heavy atom. The Balaban J connectivity index is 2.11. The van der Waals surface area contributed by atoms with E-state index in [1.54, 1.807) is 0 Å². The van der Waals surface area contributed by atoms with Gasteiger partial charge in [-0.05, 0) is 30.7 Å². The van der Waals surface area contributed by atoms with Gasteiger partial charge >= 0.3 is 0 Å². The molecule has 0 aliphatic carbocycles. The van der Waals surface area contributed by atoms with E-state index < -0.39 is 0 Å². The lowest BCUT2D eigenvalue weighted by Crippen LogP contribution is -1.79. The number of rotatable bonds is 2. The van der Waals surface area contributed by atoms with Crippen molar-refractivity contribution in [3.05, 3.63) is 34.4 Å². The van der Waals surface area contributed by atoms with Crippen molar-refractivity contribution in [2.75, 3.05) is 0 Å². The van der Waals surface area contributed by atoms with E-state index in [1.807, 2.05) is 24.3 Å². The molecular weight excluding hydrogens is 280 g/mol. The normalized spacial score (nSPS) is 11.2. The zero-order valence-electron chi connectivity index (χ0n) is 9.29. The quantitative estimate of drug-likeness (QED) is 0.761. The minimum Gasteiger partial charge on any atom is -0.337 e. The number of hydrogen-bond donors (Lipinski definition) is 2. The van der Waals surface area contributed by atoms with Crippen LogP contribution in [0, 0.1) is 0 Å². The molecule has 5 heteroatoms. The number of aromatic amines is 2. The summed E-state index contributed by atoms with van der Waals surface area (Å²) in [6, 6.07) is 8.01. The number of halogens is 1. The molecule has 0 amide bonds. The van der Waals surface area contributed by atoms with Gasteiger partial charge in [-0.15, -0.1) is 0 Å². The van der Waals surface area contributed by atoms with Crippen LogP contribution in [0.3, 0.4) is 0 Å². The Kier molecular flexibility index (Phi) is 2.48. The van der Waals surface area contributed by atoms with Crippen LogP contribution in [0.2, 0.25) is 0 Å². The Morgan fingerprint density at radius 3 is 2.94 bits per heavy atom. The molecule has 0 aliphatic rings. The average Bonchev–Trinajstić information content (AvgIpc) is 2.93. The molecule has 0 unspecified atom stereocenters. The SMILES string of the molecule is CCc1cc(-c2nc3cc(Br)ccc3[nH]2)[nH]n1. The molecule has 17 heavy (non-hydrogen) atoms. The van der Waals surface area contributed by atoms with E-state index >= 15 is 0 Å². The van der Waals surface area contributed by atoms with Crippen LogP contribution in [0.25, 0.3) is 22.6 Å². The number of imidazole rings is 1. The van der Waals surface area contributed by atoms with Crippen LogP contribution in [0.4, 0.5) is 0 Å². The minimum atomic E-state index is 0.824. The van der Waals surface area contributed by atoms with Crippen LogP contribution in [0.15, 0.2) is 28.7 Å². The third kappa shape index (κ3) is 1.86. The fourth-order valence-corrected chi connectivity index (χ4v) is 2.12. The molecule has 0 saturated heterocycles. The van der Waals surface area contributed by atoms with Gasteiger partial charge in [0.05, 0.1) is 16.7 Å². The van der Waals surface area contributed by atoms with Gasteiger partial charge in [-0.3, -0.25) is 5.10 Å². The monoisotopic (exact) mass is 290 g/mol. The molecule has 86 valence electrons. The predicted molar refractivity (Wildman–Crippen MR) is 70.8 cm³/mol. The first-order valence-corrected chi connectivity index (χ1v) is 6.25. The van der Waals surface area contributed by atoms with Gasteiger partial charge in [0, 0.05) is 4.47 Å². The number of H-pyrrole nitrogens is 2. The molecule has 0 saturated carbocycles. The number of aromatic nitrogens is 4. The molecule has 3 rings (SSSR count). The van der Waals surface area contributed by atoms with Crippen molar-refractivity contribution >= 4 is 27.0 Å². The first-order valence-electron chi connectivity index (χ1n) is 5.46. The summed E-state index contributed by atoms with van der Waals surface area (Å²) in [5.41, 5.74) is 3.94. The van der Waals surface area contributed by atoms with Crippen LogP contribution in [0.1, 0.15) is 12.6 Å². The molecule has 0 fully saturated rings. The minimum absolute atomic E-state index is 0.824. The van der Waals surface area contributed by atoms with E-state index in [1.165, 1.54) is 0 Å². The lowest BCUT2D eigenvalue weighted by Gasteiger charge is -1.87. The van der Waals surface area contributed by atoms with Crippen LogP contribution in [-0.2, 0) is 6.42 Å². The highest BCUT2D eigenvalue weighted by molar-refractivity contribution is 9.10. The second kappa shape index (κ2) is 4.00. The molecule has 0 bridgehead atoms. The molecule has 4 nitrogen and oxygen atoms in total. The lowest BCUT2D eigenvalue weighted by molar-refractivity contribution is 0.974. The van der Waals surface area contributed by atoms with Gasteiger partial charge < -0.3 is 4.98 Å². The summed E-state index contributed by atoms with van der Waals surface area (Å²) in [6.07, 6.45) is 0.919. The van der Waals surface area contributed by atoms with Crippen molar-refractivity contribution in [2.45, 2.75) is 13.3 Å². The van der Waals surface area contributed by atoms with Crippen molar-refractivity contribution in [3.63, 3.8) is 0 Å². The lowest BCUT2D eigenvalue weighted by atomic mass is 10.3.